The van der Waals surface area contributed by atoms with Crippen molar-refractivity contribution in [1.29, 1.82) is 0 Å². The second kappa shape index (κ2) is 5.27. The lowest BCUT2D eigenvalue weighted by Crippen LogP contribution is -2.55. The van der Waals surface area contributed by atoms with E-state index >= 15 is 0 Å². The van der Waals surface area contributed by atoms with E-state index in [4.69, 9.17) is 0 Å². The molecular weight excluding hydrogens is 346 g/mol. The zero-order chi connectivity index (χ0) is 17.8. The van der Waals surface area contributed by atoms with Crippen molar-refractivity contribution in [2.45, 2.75) is 23.3 Å². The molecule has 0 aliphatic carbocycles. The van der Waals surface area contributed by atoms with Gasteiger partial charge >= 0.3 is 6.03 Å². The zero-order valence-electron chi connectivity index (χ0n) is 13.5. The molecule has 25 heavy (non-hydrogen) atoms. The largest absolute Gasteiger partial charge is 0.345 e. The van der Waals surface area contributed by atoms with Gasteiger partial charge in [-0.2, -0.15) is 4.31 Å². The molecule has 0 saturated carbocycles. The quantitative estimate of drug-likeness (QED) is 0.743. The summed E-state index contributed by atoms with van der Waals surface area (Å²) in [5.74, 6) is -0.300. The molecule has 0 bridgehead atoms. The number of rotatable bonds is 2. The Balaban J connectivity index is 1.60. The van der Waals surface area contributed by atoms with Crippen molar-refractivity contribution in [2.24, 2.45) is 0 Å². The lowest BCUT2D eigenvalue weighted by atomic mass is 9.88. The van der Waals surface area contributed by atoms with Gasteiger partial charge in [0.25, 0.3) is 5.91 Å². The highest BCUT2D eigenvalue weighted by molar-refractivity contribution is 7.89. The summed E-state index contributed by atoms with van der Waals surface area (Å²) in [5.41, 5.74) is -0.478. The number of likely N-dealkylation sites (N-methyl/N-ethyl adjacent to an activating group) is 1. The monoisotopic (exact) mass is 363 g/mol. The average molecular weight is 363 g/mol. The number of H-pyrrole nitrogens is 1. The number of fused-ring (bicyclic) bond motifs is 1. The standard InChI is InChI=1S/C15H17N5O4S/c1-19-13(21)15(18-14(19)22)4-7-20(8-5-15)25(23,24)11-9-17-12-10(11)3-2-6-16-12/h2-3,6,9H,4-5,7-8H2,1H3,(H,16,17)(H,18,22). The van der Waals surface area contributed by atoms with Crippen LogP contribution in [-0.2, 0) is 14.8 Å². The van der Waals surface area contributed by atoms with Crippen molar-refractivity contribution < 1.29 is 18.0 Å². The van der Waals surface area contributed by atoms with Crippen LogP contribution in [0.5, 0.6) is 0 Å². The van der Waals surface area contributed by atoms with Crippen LogP contribution < -0.4 is 5.32 Å². The molecule has 4 rings (SSSR count). The van der Waals surface area contributed by atoms with E-state index in [0.717, 1.165) is 4.90 Å². The molecule has 2 aromatic heterocycles. The number of piperidine rings is 1. The lowest BCUT2D eigenvalue weighted by molar-refractivity contribution is -0.131. The second-order valence-corrected chi connectivity index (χ2v) is 8.24. The van der Waals surface area contributed by atoms with Gasteiger partial charge < -0.3 is 10.3 Å². The van der Waals surface area contributed by atoms with Crippen LogP contribution in [0.1, 0.15) is 12.8 Å². The second-order valence-electron chi connectivity index (χ2n) is 6.33. The molecule has 2 saturated heterocycles. The number of carbonyl (C=O) groups is 2. The predicted octanol–water partition coefficient (Wildman–Crippen LogP) is 0.268. The molecule has 2 aliphatic rings. The van der Waals surface area contributed by atoms with E-state index in [9.17, 15) is 18.0 Å². The summed E-state index contributed by atoms with van der Waals surface area (Å²) in [6.07, 6.45) is 3.53. The minimum Gasteiger partial charge on any atom is -0.345 e. The van der Waals surface area contributed by atoms with Gasteiger partial charge in [0.2, 0.25) is 10.0 Å². The number of hydrogen-bond acceptors (Lipinski definition) is 5. The van der Waals surface area contributed by atoms with Gasteiger partial charge in [-0.3, -0.25) is 9.69 Å². The third-order valence-corrected chi connectivity index (χ3v) is 6.91. The van der Waals surface area contributed by atoms with Crippen molar-refractivity contribution >= 4 is 33.0 Å². The number of amides is 3. The van der Waals surface area contributed by atoms with E-state index in [1.807, 2.05) is 0 Å². The molecule has 0 unspecified atom stereocenters. The summed E-state index contributed by atoms with van der Waals surface area (Å²) < 4.78 is 27.3. The maximum absolute atomic E-state index is 13.0. The lowest BCUT2D eigenvalue weighted by Gasteiger charge is -2.36. The van der Waals surface area contributed by atoms with Crippen LogP contribution in [0.4, 0.5) is 4.79 Å². The van der Waals surface area contributed by atoms with Crippen LogP contribution in [0.15, 0.2) is 29.4 Å². The Labute approximate surface area is 144 Å². The summed E-state index contributed by atoms with van der Waals surface area (Å²) in [7, 11) is -2.29. The molecule has 9 nitrogen and oxygen atoms in total. The molecule has 1 spiro atoms. The number of pyridine rings is 1. The van der Waals surface area contributed by atoms with E-state index < -0.39 is 21.6 Å². The zero-order valence-corrected chi connectivity index (χ0v) is 14.3. The number of hydrogen-bond donors (Lipinski definition) is 2. The number of urea groups is 1. The number of sulfonamides is 1. The van der Waals surface area contributed by atoms with Crippen molar-refractivity contribution in [2.75, 3.05) is 20.1 Å². The smallest absolute Gasteiger partial charge is 0.324 e. The molecule has 10 heteroatoms. The van der Waals surface area contributed by atoms with Gasteiger partial charge in [-0.25, -0.2) is 18.2 Å². The maximum atomic E-state index is 13.0. The maximum Gasteiger partial charge on any atom is 0.324 e. The van der Waals surface area contributed by atoms with Crippen LogP contribution in [0.25, 0.3) is 11.0 Å². The Morgan fingerprint density at radius 3 is 2.60 bits per heavy atom. The van der Waals surface area contributed by atoms with Gasteiger partial charge in [-0.05, 0) is 25.0 Å². The number of aromatic nitrogens is 2. The average Bonchev–Trinajstić information content (AvgIpc) is 3.12. The Hall–Kier alpha value is -2.46. The van der Waals surface area contributed by atoms with Gasteiger partial charge in [0.05, 0.1) is 0 Å². The predicted molar refractivity (Wildman–Crippen MR) is 88.1 cm³/mol. The van der Waals surface area contributed by atoms with Crippen molar-refractivity contribution in [3.8, 4) is 0 Å². The molecule has 4 heterocycles. The first-order valence-corrected chi connectivity index (χ1v) is 9.32. The summed E-state index contributed by atoms with van der Waals surface area (Å²) in [4.78, 5) is 32.2. The minimum absolute atomic E-state index is 0.162. The molecule has 2 aliphatic heterocycles. The fourth-order valence-corrected chi connectivity index (χ4v) is 5.08. The van der Waals surface area contributed by atoms with E-state index in [0.29, 0.717) is 11.0 Å². The van der Waals surface area contributed by atoms with Gasteiger partial charge in [0.15, 0.2) is 0 Å². The highest BCUT2D eigenvalue weighted by Gasteiger charge is 2.52. The van der Waals surface area contributed by atoms with Crippen molar-refractivity contribution in [3.05, 3.63) is 24.5 Å². The molecule has 0 radical (unpaired) electrons. The third kappa shape index (κ3) is 2.24. The minimum atomic E-state index is -3.71. The first-order valence-electron chi connectivity index (χ1n) is 7.88. The van der Waals surface area contributed by atoms with Crippen molar-refractivity contribution in [3.63, 3.8) is 0 Å². The highest BCUT2D eigenvalue weighted by Crippen LogP contribution is 2.32. The Morgan fingerprint density at radius 1 is 1.24 bits per heavy atom. The third-order valence-electron chi connectivity index (χ3n) is 4.97. The Bertz CT molecular complexity index is 975. The van der Waals surface area contributed by atoms with E-state index in [-0.39, 0.29) is 36.7 Å². The molecule has 0 aromatic carbocycles. The summed E-state index contributed by atoms with van der Waals surface area (Å²) in [6, 6.07) is 2.94. The van der Waals surface area contributed by atoms with Gasteiger partial charge in [-0.1, -0.05) is 0 Å². The fourth-order valence-electron chi connectivity index (χ4n) is 3.49. The van der Waals surface area contributed by atoms with Gasteiger partial charge in [-0.15, -0.1) is 0 Å². The first kappa shape index (κ1) is 16.0. The van der Waals surface area contributed by atoms with Crippen LogP contribution in [-0.4, -0.2) is 65.2 Å². The van der Waals surface area contributed by atoms with E-state index in [1.54, 1.807) is 18.3 Å². The normalized spacial score (nSPS) is 21.2. The molecule has 0 atom stereocenters. The summed E-state index contributed by atoms with van der Waals surface area (Å²) in [5, 5.41) is 3.24. The highest BCUT2D eigenvalue weighted by atomic mass is 32.2. The Kier molecular flexibility index (Phi) is 3.38. The fraction of sp³-hybridized carbons (Fsp3) is 0.400. The number of nitrogens with one attached hydrogen (secondary N) is 2. The molecule has 2 N–H and O–H groups in total. The van der Waals surface area contributed by atoms with Crippen LogP contribution in [0.2, 0.25) is 0 Å². The molecule has 2 fully saturated rings. The van der Waals surface area contributed by atoms with E-state index in [1.165, 1.54) is 17.5 Å². The van der Waals surface area contributed by atoms with Crippen LogP contribution in [0, 0.1) is 0 Å². The number of aromatic amines is 1. The molecule has 2 aromatic rings. The number of nitrogens with zero attached hydrogens (tertiary/aromatic N) is 3. The topological polar surface area (TPSA) is 115 Å². The van der Waals surface area contributed by atoms with Crippen LogP contribution >= 0.6 is 0 Å². The summed E-state index contributed by atoms with van der Waals surface area (Å²) >= 11 is 0. The number of imide groups is 1. The SMILES string of the molecule is CN1C(=O)NC2(CCN(S(=O)(=O)c3c[nH]c4ncccc34)CC2)C1=O. The van der Waals surface area contributed by atoms with E-state index in [2.05, 4.69) is 15.3 Å². The molecule has 3 amide bonds. The number of carbonyl (C=O) groups excluding carboxylic acids is 2. The molecule has 132 valence electrons. The van der Waals surface area contributed by atoms with Crippen LogP contribution in [0.3, 0.4) is 0 Å². The Morgan fingerprint density at radius 2 is 1.96 bits per heavy atom. The van der Waals surface area contributed by atoms with Gasteiger partial charge in [0.1, 0.15) is 16.1 Å². The summed E-state index contributed by atoms with van der Waals surface area (Å²) in [6.45, 7) is 0.324. The molecular formula is C15H17N5O4S. The van der Waals surface area contributed by atoms with Gasteiger partial charge in [0, 0.05) is 37.9 Å². The first-order chi connectivity index (χ1) is 11.8. The van der Waals surface area contributed by atoms with Crippen molar-refractivity contribution in [1.82, 2.24) is 24.5 Å².